The number of morpholine rings is 1. The molecule has 1 saturated heterocycles. The molecule has 1 unspecified atom stereocenters. The highest BCUT2D eigenvalue weighted by Crippen LogP contribution is 2.32. The molecule has 1 fully saturated rings. The number of ether oxygens (including phenoxy) is 2. The Hall–Kier alpha value is -3.77. The van der Waals surface area contributed by atoms with Gasteiger partial charge in [-0.2, -0.15) is 5.26 Å². The zero-order chi connectivity index (χ0) is 21.1. The van der Waals surface area contributed by atoms with Crippen LogP contribution in [0.1, 0.15) is 17.2 Å². The Kier molecular flexibility index (Phi) is 5.41. The number of hydrogen-bond acceptors (Lipinski definition) is 8. The second-order valence-electron chi connectivity index (χ2n) is 6.81. The van der Waals surface area contributed by atoms with E-state index in [9.17, 15) is 4.79 Å². The van der Waals surface area contributed by atoms with E-state index in [0.29, 0.717) is 48.3 Å². The van der Waals surface area contributed by atoms with E-state index in [1.54, 1.807) is 38.6 Å². The summed E-state index contributed by atoms with van der Waals surface area (Å²) in [4.78, 5) is 27.4. The minimum absolute atomic E-state index is 0.174. The summed E-state index contributed by atoms with van der Waals surface area (Å²) in [6.07, 6.45) is 2.75. The maximum atomic E-state index is 12.6. The Labute approximate surface area is 173 Å². The predicted octanol–water partition coefficient (Wildman–Crippen LogP) is 1.70. The average Bonchev–Trinajstić information content (AvgIpc) is 2.81. The van der Waals surface area contributed by atoms with E-state index in [4.69, 9.17) is 19.7 Å². The van der Waals surface area contributed by atoms with Crippen molar-refractivity contribution in [1.82, 2.24) is 19.5 Å². The SMILES string of the molecule is COc1cc(C#N)ccc1C1CN(c2nc(-c3ccncn3)cc(=O)n2C)CCO1. The quantitative estimate of drug-likeness (QED) is 0.647. The molecule has 2 aromatic heterocycles. The molecule has 0 aliphatic carbocycles. The first-order valence-corrected chi connectivity index (χ1v) is 9.39. The Morgan fingerprint density at radius 2 is 2.13 bits per heavy atom. The standard InChI is InChI=1S/C21H20N6O3/c1-26-20(28)10-17(16-5-6-23-13-24-16)25-21(26)27-7-8-30-19(12-27)15-4-3-14(11-22)9-18(15)29-2/h3-6,9-10,13,19H,7-8,12H2,1-2H3. The molecule has 4 rings (SSSR count). The third-order valence-electron chi connectivity index (χ3n) is 5.01. The molecule has 0 N–H and O–H groups in total. The maximum Gasteiger partial charge on any atom is 0.255 e. The molecule has 152 valence electrons. The third kappa shape index (κ3) is 3.73. The van der Waals surface area contributed by atoms with Crippen molar-refractivity contribution < 1.29 is 9.47 Å². The van der Waals surface area contributed by atoms with E-state index in [-0.39, 0.29) is 11.7 Å². The number of anilines is 1. The maximum absolute atomic E-state index is 12.6. The fourth-order valence-electron chi connectivity index (χ4n) is 3.45. The van der Waals surface area contributed by atoms with Crippen molar-refractivity contribution in [3.05, 3.63) is 64.3 Å². The average molecular weight is 404 g/mol. The van der Waals surface area contributed by atoms with Crippen molar-refractivity contribution >= 4 is 5.95 Å². The number of nitrogens with zero attached hydrogens (tertiary/aromatic N) is 6. The molecule has 0 amide bonds. The molecule has 0 saturated carbocycles. The smallest absolute Gasteiger partial charge is 0.255 e. The summed E-state index contributed by atoms with van der Waals surface area (Å²) < 4.78 is 13.0. The van der Waals surface area contributed by atoms with Crippen LogP contribution in [0.4, 0.5) is 5.95 Å². The van der Waals surface area contributed by atoms with Gasteiger partial charge in [0.1, 0.15) is 18.2 Å². The Balaban J connectivity index is 1.68. The molecule has 1 aliphatic heterocycles. The molecule has 1 atom stereocenters. The Morgan fingerprint density at radius 3 is 2.87 bits per heavy atom. The van der Waals surface area contributed by atoms with Gasteiger partial charge in [-0.3, -0.25) is 9.36 Å². The van der Waals surface area contributed by atoms with Gasteiger partial charge < -0.3 is 14.4 Å². The zero-order valence-electron chi connectivity index (χ0n) is 16.6. The molecule has 3 aromatic rings. The number of nitriles is 1. The number of benzene rings is 1. The summed E-state index contributed by atoms with van der Waals surface area (Å²) in [6, 6.07) is 10.6. The number of methoxy groups -OCH3 is 1. The Morgan fingerprint density at radius 1 is 1.27 bits per heavy atom. The van der Waals surface area contributed by atoms with Gasteiger partial charge in [0.05, 0.1) is 43.3 Å². The summed E-state index contributed by atoms with van der Waals surface area (Å²) in [5.74, 6) is 1.13. The Bertz CT molecular complexity index is 1160. The second-order valence-corrected chi connectivity index (χ2v) is 6.81. The molecule has 30 heavy (non-hydrogen) atoms. The van der Waals surface area contributed by atoms with E-state index in [0.717, 1.165) is 5.56 Å². The van der Waals surface area contributed by atoms with E-state index in [1.165, 1.54) is 17.0 Å². The van der Waals surface area contributed by atoms with Gasteiger partial charge in [-0.25, -0.2) is 15.0 Å². The van der Waals surface area contributed by atoms with Crippen LogP contribution in [0.25, 0.3) is 11.4 Å². The van der Waals surface area contributed by atoms with Crippen LogP contribution < -0.4 is 15.2 Å². The molecule has 0 spiro atoms. The molecular weight excluding hydrogens is 384 g/mol. The summed E-state index contributed by atoms with van der Waals surface area (Å²) in [6.45, 7) is 1.53. The van der Waals surface area contributed by atoms with Crippen LogP contribution in [0.5, 0.6) is 5.75 Å². The third-order valence-corrected chi connectivity index (χ3v) is 5.01. The van der Waals surface area contributed by atoms with Crippen LogP contribution >= 0.6 is 0 Å². The van der Waals surface area contributed by atoms with Crippen LogP contribution in [-0.2, 0) is 11.8 Å². The topological polar surface area (TPSA) is 106 Å². The lowest BCUT2D eigenvalue weighted by Crippen LogP contribution is -2.41. The molecule has 1 aliphatic rings. The van der Waals surface area contributed by atoms with Crippen molar-refractivity contribution in [1.29, 1.82) is 5.26 Å². The zero-order valence-corrected chi connectivity index (χ0v) is 16.6. The van der Waals surface area contributed by atoms with E-state index in [1.807, 2.05) is 11.0 Å². The molecule has 9 nitrogen and oxygen atoms in total. The minimum atomic E-state index is -0.291. The van der Waals surface area contributed by atoms with Gasteiger partial charge in [0.25, 0.3) is 5.56 Å². The van der Waals surface area contributed by atoms with Crippen LogP contribution in [-0.4, -0.2) is 46.3 Å². The van der Waals surface area contributed by atoms with Crippen LogP contribution in [0.3, 0.4) is 0 Å². The van der Waals surface area contributed by atoms with Crippen LogP contribution in [0.15, 0.2) is 47.7 Å². The van der Waals surface area contributed by atoms with Gasteiger partial charge in [0.15, 0.2) is 0 Å². The van der Waals surface area contributed by atoms with E-state index < -0.39 is 0 Å². The van der Waals surface area contributed by atoms with Gasteiger partial charge in [-0.1, -0.05) is 6.07 Å². The van der Waals surface area contributed by atoms with Crippen molar-refractivity contribution in [2.75, 3.05) is 31.7 Å². The first kappa shape index (κ1) is 19.5. The van der Waals surface area contributed by atoms with Crippen LogP contribution in [0.2, 0.25) is 0 Å². The monoisotopic (exact) mass is 404 g/mol. The summed E-state index contributed by atoms with van der Waals surface area (Å²) in [5, 5.41) is 9.13. The molecule has 0 bridgehead atoms. The summed E-state index contributed by atoms with van der Waals surface area (Å²) in [7, 11) is 3.26. The molecule has 3 heterocycles. The minimum Gasteiger partial charge on any atom is -0.496 e. The first-order valence-electron chi connectivity index (χ1n) is 9.39. The fourth-order valence-corrected chi connectivity index (χ4v) is 3.45. The lowest BCUT2D eigenvalue weighted by atomic mass is 10.0. The van der Waals surface area contributed by atoms with Crippen molar-refractivity contribution in [3.8, 4) is 23.2 Å². The highest BCUT2D eigenvalue weighted by molar-refractivity contribution is 5.55. The van der Waals surface area contributed by atoms with Gasteiger partial charge >= 0.3 is 0 Å². The number of aromatic nitrogens is 4. The molecule has 0 radical (unpaired) electrons. The lowest BCUT2D eigenvalue weighted by molar-refractivity contribution is 0.0374. The molecule has 9 heteroatoms. The van der Waals surface area contributed by atoms with E-state index >= 15 is 0 Å². The van der Waals surface area contributed by atoms with Crippen molar-refractivity contribution in [2.45, 2.75) is 6.10 Å². The van der Waals surface area contributed by atoms with E-state index in [2.05, 4.69) is 16.0 Å². The van der Waals surface area contributed by atoms with Gasteiger partial charge in [0, 0.05) is 31.4 Å². The largest absolute Gasteiger partial charge is 0.496 e. The summed E-state index contributed by atoms with van der Waals surface area (Å²) >= 11 is 0. The first-order chi connectivity index (χ1) is 14.6. The predicted molar refractivity (Wildman–Crippen MR) is 109 cm³/mol. The number of hydrogen-bond donors (Lipinski definition) is 0. The normalized spacial score (nSPS) is 16.2. The van der Waals surface area contributed by atoms with Gasteiger partial charge in [0.2, 0.25) is 5.95 Å². The van der Waals surface area contributed by atoms with Crippen LogP contribution in [0, 0.1) is 11.3 Å². The summed E-state index contributed by atoms with van der Waals surface area (Å²) in [5.41, 5.74) is 2.27. The highest BCUT2D eigenvalue weighted by atomic mass is 16.5. The highest BCUT2D eigenvalue weighted by Gasteiger charge is 2.27. The molecule has 1 aromatic carbocycles. The van der Waals surface area contributed by atoms with Crippen molar-refractivity contribution in [3.63, 3.8) is 0 Å². The second kappa shape index (κ2) is 8.31. The van der Waals surface area contributed by atoms with Gasteiger partial charge in [-0.15, -0.1) is 0 Å². The van der Waals surface area contributed by atoms with Crippen molar-refractivity contribution in [2.24, 2.45) is 7.05 Å². The fraction of sp³-hybridized carbons (Fsp3) is 0.286. The number of rotatable bonds is 4. The lowest BCUT2D eigenvalue weighted by Gasteiger charge is -2.35. The molecular formula is C21H20N6O3. The van der Waals surface area contributed by atoms with Gasteiger partial charge in [-0.05, 0) is 18.2 Å².